The number of anilines is 3. The minimum Gasteiger partial charge on any atom is -0.328 e. The Morgan fingerprint density at radius 3 is 2.64 bits per heavy atom. The van der Waals surface area contributed by atoms with Crippen molar-refractivity contribution in [2.45, 2.75) is 6.92 Å². The summed E-state index contributed by atoms with van der Waals surface area (Å²) in [6, 6.07) is 12.2. The van der Waals surface area contributed by atoms with Gasteiger partial charge in [-0.25, -0.2) is 8.93 Å². The largest absolute Gasteiger partial charge is 0.328 e. The van der Waals surface area contributed by atoms with E-state index in [2.05, 4.69) is 15.4 Å². The predicted molar refractivity (Wildman–Crippen MR) is 98.8 cm³/mol. The van der Waals surface area contributed by atoms with Gasteiger partial charge in [-0.3, -0.25) is 13.9 Å². The van der Waals surface area contributed by atoms with Gasteiger partial charge < -0.3 is 10.6 Å². The van der Waals surface area contributed by atoms with Crippen molar-refractivity contribution in [3.05, 3.63) is 53.6 Å². The van der Waals surface area contributed by atoms with Crippen LogP contribution in [0.4, 0.5) is 17.1 Å². The summed E-state index contributed by atoms with van der Waals surface area (Å²) in [6.45, 7) is 3.20. The lowest BCUT2D eigenvalue weighted by Crippen LogP contribution is -2.22. The molecule has 1 fully saturated rings. The molecule has 0 aromatic heterocycles. The van der Waals surface area contributed by atoms with Crippen LogP contribution in [0, 0.1) is 6.92 Å². The zero-order chi connectivity index (χ0) is 17.8. The Balaban J connectivity index is 1.72. The molecule has 2 amide bonds. The van der Waals surface area contributed by atoms with Gasteiger partial charge in [0.25, 0.3) is 5.91 Å². The van der Waals surface area contributed by atoms with Gasteiger partial charge in [-0.05, 0) is 48.9 Å². The fourth-order valence-corrected chi connectivity index (χ4v) is 3.51. The van der Waals surface area contributed by atoms with Crippen LogP contribution in [0.15, 0.2) is 42.5 Å². The van der Waals surface area contributed by atoms with E-state index in [-0.39, 0.29) is 5.91 Å². The highest BCUT2D eigenvalue weighted by atomic mass is 32.2. The number of aryl methyl sites for hydroxylation is 1. The van der Waals surface area contributed by atoms with E-state index in [1.807, 2.05) is 13.0 Å². The molecular weight excluding hydrogens is 340 g/mol. The molecule has 2 aromatic carbocycles. The van der Waals surface area contributed by atoms with Crippen LogP contribution in [0.25, 0.3) is 0 Å². The normalized spacial score (nSPS) is 16.5. The van der Waals surface area contributed by atoms with E-state index in [9.17, 15) is 13.8 Å². The van der Waals surface area contributed by atoms with Crippen molar-refractivity contribution in [1.82, 2.24) is 4.72 Å². The Labute approximate surface area is 148 Å². The number of rotatable bonds is 5. The molecule has 0 spiro atoms. The second kappa shape index (κ2) is 7.45. The van der Waals surface area contributed by atoms with E-state index >= 15 is 0 Å². The Kier molecular flexibility index (Phi) is 5.11. The summed E-state index contributed by atoms with van der Waals surface area (Å²) in [4.78, 5) is 23.0. The van der Waals surface area contributed by atoms with Crippen LogP contribution in [0.2, 0.25) is 0 Å². The lowest BCUT2D eigenvalue weighted by molar-refractivity contribution is -0.105. The molecule has 2 aromatic rings. The molecule has 8 heteroatoms. The molecule has 1 saturated heterocycles. The van der Waals surface area contributed by atoms with Gasteiger partial charge in [0.15, 0.2) is 11.2 Å². The Morgan fingerprint density at radius 1 is 1.24 bits per heavy atom. The maximum absolute atomic E-state index is 12.4. The average Bonchev–Trinajstić information content (AvgIpc) is 3.04. The van der Waals surface area contributed by atoms with E-state index in [0.29, 0.717) is 36.4 Å². The van der Waals surface area contributed by atoms with Crippen molar-refractivity contribution in [2.75, 3.05) is 28.0 Å². The van der Waals surface area contributed by atoms with E-state index in [1.165, 1.54) is 0 Å². The Hall–Kier alpha value is -2.71. The summed E-state index contributed by atoms with van der Waals surface area (Å²) < 4.78 is 16.3. The third kappa shape index (κ3) is 3.86. The van der Waals surface area contributed by atoms with Crippen molar-refractivity contribution in [2.24, 2.45) is 0 Å². The van der Waals surface area contributed by atoms with Gasteiger partial charge in [0.2, 0.25) is 6.41 Å². The highest BCUT2D eigenvalue weighted by molar-refractivity contribution is 7.84. The summed E-state index contributed by atoms with van der Waals surface area (Å²) in [6.07, 6.45) is 0.601. The number of nitrogens with one attached hydrogen (secondary N) is 3. The third-order valence-corrected chi connectivity index (χ3v) is 5.11. The topological polar surface area (TPSA) is 90.5 Å². The van der Waals surface area contributed by atoms with E-state index in [0.717, 1.165) is 11.3 Å². The molecular formula is C17H18N4O3S. The smallest absolute Gasteiger partial charge is 0.255 e. The van der Waals surface area contributed by atoms with Gasteiger partial charge in [0, 0.05) is 30.0 Å². The number of benzene rings is 2. The molecule has 0 saturated carbocycles. The second-order valence-corrected chi connectivity index (χ2v) is 6.77. The lowest BCUT2D eigenvalue weighted by atomic mass is 10.1. The van der Waals surface area contributed by atoms with Crippen molar-refractivity contribution in [3.8, 4) is 0 Å². The van der Waals surface area contributed by atoms with Gasteiger partial charge in [0.05, 0.1) is 5.69 Å². The summed E-state index contributed by atoms with van der Waals surface area (Å²) in [5.41, 5.74) is 3.43. The van der Waals surface area contributed by atoms with Crippen LogP contribution in [-0.4, -0.2) is 29.6 Å². The zero-order valence-electron chi connectivity index (χ0n) is 13.6. The Bertz CT molecular complexity index is 823. The fraction of sp³-hybridized carbons (Fsp3) is 0.176. The molecule has 3 rings (SSSR count). The summed E-state index contributed by atoms with van der Waals surface area (Å²) in [5.74, 6) is -0.256. The first-order chi connectivity index (χ1) is 12.1. The van der Waals surface area contributed by atoms with Crippen LogP contribution >= 0.6 is 0 Å². The molecule has 1 heterocycles. The van der Waals surface area contributed by atoms with Gasteiger partial charge in [-0.15, -0.1) is 0 Å². The quantitative estimate of drug-likeness (QED) is 0.712. The van der Waals surface area contributed by atoms with Crippen LogP contribution in [-0.2, 0) is 16.0 Å². The highest BCUT2D eigenvalue weighted by Gasteiger charge is 2.20. The van der Waals surface area contributed by atoms with Crippen molar-refractivity contribution in [3.63, 3.8) is 0 Å². The van der Waals surface area contributed by atoms with Gasteiger partial charge in [-0.2, -0.15) is 0 Å². The van der Waals surface area contributed by atoms with E-state index in [4.69, 9.17) is 0 Å². The van der Waals surface area contributed by atoms with E-state index in [1.54, 1.807) is 40.7 Å². The lowest BCUT2D eigenvalue weighted by Gasteiger charge is -2.15. The SMILES string of the molecule is Cc1ccc(NC(=O)c2ccc(N3CCNS3=O)cc2)cc1NC=O. The van der Waals surface area contributed by atoms with Crippen molar-refractivity contribution >= 4 is 40.6 Å². The summed E-state index contributed by atoms with van der Waals surface area (Å²) in [5, 5.41) is 5.40. The number of carbonyl (C=O) groups excluding carboxylic acids is 2. The molecule has 1 aliphatic rings. The molecule has 1 atom stereocenters. The summed E-state index contributed by atoms with van der Waals surface area (Å²) in [7, 11) is 0. The summed E-state index contributed by atoms with van der Waals surface area (Å²) >= 11 is -1.22. The zero-order valence-corrected chi connectivity index (χ0v) is 14.4. The molecule has 3 N–H and O–H groups in total. The molecule has 0 radical (unpaired) electrons. The number of amides is 2. The number of carbonyl (C=O) groups is 2. The van der Waals surface area contributed by atoms with Crippen molar-refractivity contribution in [1.29, 1.82) is 0 Å². The maximum Gasteiger partial charge on any atom is 0.255 e. The highest BCUT2D eigenvalue weighted by Crippen LogP contribution is 2.22. The van der Waals surface area contributed by atoms with Crippen LogP contribution in [0.3, 0.4) is 0 Å². The maximum atomic E-state index is 12.4. The first-order valence-corrected chi connectivity index (χ1v) is 8.84. The van der Waals surface area contributed by atoms with Gasteiger partial charge in [0.1, 0.15) is 0 Å². The molecule has 130 valence electrons. The van der Waals surface area contributed by atoms with Crippen molar-refractivity contribution < 1.29 is 13.8 Å². The molecule has 0 bridgehead atoms. The van der Waals surface area contributed by atoms with E-state index < -0.39 is 11.2 Å². The van der Waals surface area contributed by atoms with Crippen LogP contribution in [0.1, 0.15) is 15.9 Å². The van der Waals surface area contributed by atoms with Crippen LogP contribution < -0.4 is 19.7 Å². The van der Waals surface area contributed by atoms with Crippen LogP contribution in [0.5, 0.6) is 0 Å². The monoisotopic (exact) mass is 358 g/mol. The molecule has 1 unspecified atom stereocenters. The minimum absolute atomic E-state index is 0.256. The number of nitrogens with zero attached hydrogens (tertiary/aromatic N) is 1. The fourth-order valence-electron chi connectivity index (χ4n) is 2.52. The standard InChI is InChI=1S/C17H18N4O3S/c1-12-2-5-14(10-16(12)18-11-22)20-17(23)13-3-6-15(7-4-13)21-9-8-19-25(21)24/h2-7,10-11,19H,8-9H2,1H3,(H,18,22)(H,20,23). The molecule has 0 aliphatic carbocycles. The number of hydrogen-bond donors (Lipinski definition) is 3. The predicted octanol–water partition coefficient (Wildman–Crippen LogP) is 1.80. The first kappa shape index (κ1) is 17.1. The van der Waals surface area contributed by atoms with Gasteiger partial charge in [-0.1, -0.05) is 6.07 Å². The number of hydrogen-bond acceptors (Lipinski definition) is 3. The molecule has 25 heavy (non-hydrogen) atoms. The Morgan fingerprint density at radius 2 is 2.00 bits per heavy atom. The molecule has 7 nitrogen and oxygen atoms in total. The first-order valence-electron chi connectivity index (χ1n) is 7.73. The third-order valence-electron chi connectivity index (χ3n) is 3.87. The molecule has 1 aliphatic heterocycles. The minimum atomic E-state index is -1.22. The average molecular weight is 358 g/mol. The second-order valence-electron chi connectivity index (χ2n) is 5.54. The van der Waals surface area contributed by atoms with Gasteiger partial charge >= 0.3 is 0 Å².